The van der Waals surface area contributed by atoms with Crippen molar-refractivity contribution in [1.82, 2.24) is 4.98 Å². The van der Waals surface area contributed by atoms with Crippen LogP contribution in [0.1, 0.15) is 31.8 Å². The Morgan fingerprint density at radius 2 is 1.72 bits per heavy atom. The predicted octanol–water partition coefficient (Wildman–Crippen LogP) is 2.49. The van der Waals surface area contributed by atoms with E-state index in [1.807, 2.05) is 0 Å². The molecule has 6 nitrogen and oxygen atoms in total. The van der Waals surface area contributed by atoms with Crippen molar-refractivity contribution in [3.63, 3.8) is 0 Å². The zero-order chi connectivity index (χ0) is 21.1. The van der Waals surface area contributed by atoms with Crippen LogP contribution in [0.3, 0.4) is 0 Å². The number of amides is 1. The molecule has 7 heteroatoms. The van der Waals surface area contributed by atoms with Crippen molar-refractivity contribution >= 4 is 38.6 Å². The zero-order valence-corrected chi connectivity index (χ0v) is 18.2. The van der Waals surface area contributed by atoms with Crippen LogP contribution in [0.25, 0.3) is 10.2 Å². The van der Waals surface area contributed by atoms with E-state index in [9.17, 15) is 9.59 Å². The first-order valence-electron chi connectivity index (χ1n) is 9.48. The summed E-state index contributed by atoms with van der Waals surface area (Å²) in [6.07, 6.45) is 0. The zero-order valence-electron chi connectivity index (χ0n) is 17.4. The largest absolute Gasteiger partial charge is 0.465 e. The standard InChI is InChI=1S/C22H25N3O3S/c1-14-6-11-18-19(15(14)2)23-22(29-18)25(13-12-24(3)4)20(26)16-7-9-17(10-8-16)21(27)28-5/h6-11H,12-13H2,1-5H3/p+1. The van der Waals surface area contributed by atoms with E-state index in [2.05, 4.69) is 40.1 Å². The molecule has 152 valence electrons. The van der Waals surface area contributed by atoms with Gasteiger partial charge in [0.1, 0.15) is 0 Å². The molecule has 1 N–H and O–H groups in total. The van der Waals surface area contributed by atoms with Crippen LogP contribution in [0.5, 0.6) is 0 Å². The SMILES string of the molecule is COC(=O)c1ccc(C(=O)N(CC[NH+](C)C)c2nc3c(C)c(C)ccc3s2)cc1. The van der Waals surface area contributed by atoms with Crippen LogP contribution in [-0.4, -0.2) is 51.2 Å². The summed E-state index contributed by atoms with van der Waals surface area (Å²) in [5, 5.41) is 0.692. The van der Waals surface area contributed by atoms with Gasteiger partial charge >= 0.3 is 5.97 Å². The van der Waals surface area contributed by atoms with Gasteiger partial charge < -0.3 is 9.64 Å². The molecule has 0 spiro atoms. The number of nitrogens with one attached hydrogen (secondary N) is 1. The molecular formula is C22H26N3O3S+. The third-order valence-electron chi connectivity index (χ3n) is 4.94. The molecule has 29 heavy (non-hydrogen) atoms. The summed E-state index contributed by atoms with van der Waals surface area (Å²) in [7, 11) is 5.45. The number of esters is 1. The molecule has 0 radical (unpaired) electrons. The number of aryl methyl sites for hydroxylation is 2. The lowest BCUT2D eigenvalue weighted by Gasteiger charge is -2.20. The van der Waals surface area contributed by atoms with Gasteiger partial charge in [0, 0.05) is 5.56 Å². The van der Waals surface area contributed by atoms with Gasteiger partial charge in [-0.05, 0) is 55.3 Å². The van der Waals surface area contributed by atoms with Crippen molar-refractivity contribution in [2.75, 3.05) is 39.2 Å². The summed E-state index contributed by atoms with van der Waals surface area (Å²) in [5.41, 5.74) is 4.19. The van der Waals surface area contributed by atoms with Crippen LogP contribution >= 0.6 is 11.3 Å². The Labute approximate surface area is 174 Å². The molecule has 0 saturated carbocycles. The van der Waals surface area contributed by atoms with Crippen molar-refractivity contribution < 1.29 is 19.2 Å². The summed E-state index contributed by atoms with van der Waals surface area (Å²) < 4.78 is 5.80. The number of thiazole rings is 1. The normalized spacial score (nSPS) is 11.1. The van der Waals surface area contributed by atoms with E-state index < -0.39 is 5.97 Å². The molecule has 0 aliphatic rings. The number of hydrogen-bond acceptors (Lipinski definition) is 5. The molecule has 0 bridgehead atoms. The van der Waals surface area contributed by atoms with E-state index in [1.54, 1.807) is 29.2 Å². The van der Waals surface area contributed by atoms with Crippen molar-refractivity contribution in [3.8, 4) is 0 Å². The van der Waals surface area contributed by atoms with E-state index in [-0.39, 0.29) is 5.91 Å². The summed E-state index contributed by atoms with van der Waals surface area (Å²) in [6.45, 7) is 5.47. The van der Waals surface area contributed by atoms with E-state index in [0.717, 1.165) is 22.3 Å². The lowest BCUT2D eigenvalue weighted by atomic mass is 10.1. The van der Waals surface area contributed by atoms with Crippen LogP contribution in [0.4, 0.5) is 5.13 Å². The summed E-state index contributed by atoms with van der Waals surface area (Å²) in [6, 6.07) is 10.7. The van der Waals surface area contributed by atoms with Gasteiger partial charge in [0.25, 0.3) is 5.91 Å². The highest BCUT2D eigenvalue weighted by Crippen LogP contribution is 2.32. The van der Waals surface area contributed by atoms with Crippen LogP contribution in [-0.2, 0) is 4.74 Å². The fourth-order valence-electron chi connectivity index (χ4n) is 2.97. The highest BCUT2D eigenvalue weighted by Gasteiger charge is 2.23. The minimum Gasteiger partial charge on any atom is -0.465 e. The Bertz CT molecular complexity index is 1040. The lowest BCUT2D eigenvalue weighted by molar-refractivity contribution is -0.856. The van der Waals surface area contributed by atoms with E-state index in [1.165, 1.54) is 28.9 Å². The molecule has 0 atom stereocenters. The second kappa shape index (κ2) is 8.71. The molecular weight excluding hydrogens is 386 g/mol. The van der Waals surface area contributed by atoms with Gasteiger partial charge in [-0.3, -0.25) is 9.69 Å². The van der Waals surface area contributed by atoms with E-state index >= 15 is 0 Å². The van der Waals surface area contributed by atoms with Gasteiger partial charge in [0.05, 0.1) is 50.1 Å². The van der Waals surface area contributed by atoms with Gasteiger partial charge in [-0.25, -0.2) is 9.78 Å². The van der Waals surface area contributed by atoms with Gasteiger partial charge in [-0.15, -0.1) is 0 Å². The molecule has 3 aromatic rings. The monoisotopic (exact) mass is 412 g/mol. The first kappa shape index (κ1) is 21.0. The first-order valence-corrected chi connectivity index (χ1v) is 10.3. The van der Waals surface area contributed by atoms with Crippen molar-refractivity contribution in [3.05, 3.63) is 58.7 Å². The van der Waals surface area contributed by atoms with Crippen LogP contribution in [0, 0.1) is 13.8 Å². The fraction of sp³-hybridized carbons (Fsp3) is 0.318. The third-order valence-corrected chi connectivity index (χ3v) is 5.98. The average molecular weight is 413 g/mol. The number of anilines is 1. The number of rotatable bonds is 6. The third kappa shape index (κ3) is 4.46. The highest BCUT2D eigenvalue weighted by molar-refractivity contribution is 7.22. The average Bonchev–Trinajstić information content (AvgIpc) is 3.15. The molecule has 1 heterocycles. The molecule has 1 amide bonds. The highest BCUT2D eigenvalue weighted by atomic mass is 32.1. The van der Waals surface area contributed by atoms with Gasteiger partial charge in [-0.2, -0.15) is 0 Å². The molecule has 2 aromatic carbocycles. The smallest absolute Gasteiger partial charge is 0.337 e. The number of ether oxygens (including phenoxy) is 1. The molecule has 0 aliphatic carbocycles. The van der Waals surface area contributed by atoms with Crippen LogP contribution in [0.15, 0.2) is 36.4 Å². The van der Waals surface area contributed by atoms with Crippen molar-refractivity contribution in [2.45, 2.75) is 13.8 Å². The maximum absolute atomic E-state index is 13.3. The number of aromatic nitrogens is 1. The molecule has 0 aliphatic heterocycles. The molecule has 0 fully saturated rings. The van der Waals surface area contributed by atoms with E-state index in [4.69, 9.17) is 9.72 Å². The number of hydrogen-bond donors (Lipinski definition) is 1. The number of methoxy groups -OCH3 is 1. The van der Waals surface area contributed by atoms with E-state index in [0.29, 0.717) is 22.8 Å². The number of likely N-dealkylation sites (N-methyl/N-ethyl adjacent to an activating group) is 1. The Morgan fingerprint density at radius 3 is 2.34 bits per heavy atom. The van der Waals surface area contributed by atoms with Gasteiger partial charge in [0.15, 0.2) is 5.13 Å². The summed E-state index contributed by atoms with van der Waals surface area (Å²) in [5.74, 6) is -0.551. The quantitative estimate of drug-likeness (QED) is 0.632. The Balaban J connectivity index is 1.97. The van der Waals surface area contributed by atoms with Gasteiger partial charge in [-0.1, -0.05) is 17.4 Å². The second-order valence-electron chi connectivity index (χ2n) is 7.33. The van der Waals surface area contributed by atoms with Gasteiger partial charge in [0.2, 0.25) is 0 Å². The van der Waals surface area contributed by atoms with Crippen molar-refractivity contribution in [2.24, 2.45) is 0 Å². The maximum atomic E-state index is 13.3. The number of benzene rings is 2. The maximum Gasteiger partial charge on any atom is 0.337 e. The van der Waals surface area contributed by atoms with Crippen LogP contribution in [0.2, 0.25) is 0 Å². The van der Waals surface area contributed by atoms with Crippen LogP contribution < -0.4 is 9.80 Å². The Hall–Kier alpha value is -2.77. The fourth-order valence-corrected chi connectivity index (χ4v) is 4.02. The number of carbonyl (C=O) groups is 2. The number of fused-ring (bicyclic) bond motifs is 1. The topological polar surface area (TPSA) is 63.9 Å². The molecule has 0 saturated heterocycles. The second-order valence-corrected chi connectivity index (χ2v) is 8.34. The first-order chi connectivity index (χ1) is 13.8. The molecule has 3 rings (SSSR count). The number of nitrogens with zero attached hydrogens (tertiary/aromatic N) is 2. The summed E-state index contributed by atoms with van der Waals surface area (Å²) in [4.78, 5) is 32.7. The predicted molar refractivity (Wildman–Crippen MR) is 116 cm³/mol. The Kier molecular flexibility index (Phi) is 6.30. The minimum absolute atomic E-state index is 0.129. The molecule has 1 aromatic heterocycles. The number of quaternary nitrogens is 1. The summed E-state index contributed by atoms with van der Waals surface area (Å²) >= 11 is 1.53. The Morgan fingerprint density at radius 1 is 1.07 bits per heavy atom. The molecule has 0 unspecified atom stereocenters. The number of carbonyl (C=O) groups excluding carboxylic acids is 2. The van der Waals surface area contributed by atoms with Crippen molar-refractivity contribution in [1.29, 1.82) is 0 Å². The minimum atomic E-state index is -0.422. The lowest BCUT2D eigenvalue weighted by Crippen LogP contribution is -3.06.